The van der Waals surface area contributed by atoms with Gasteiger partial charge in [-0.15, -0.1) is 21.5 Å². The monoisotopic (exact) mass is 525 g/mol. The molecule has 180 valence electrons. The molecule has 1 amide bonds. The van der Waals surface area contributed by atoms with E-state index in [4.69, 9.17) is 16.3 Å². The van der Waals surface area contributed by atoms with Gasteiger partial charge in [0.05, 0.1) is 17.6 Å². The lowest BCUT2D eigenvalue weighted by Crippen LogP contribution is -2.14. The van der Waals surface area contributed by atoms with Crippen LogP contribution in [0.1, 0.15) is 25.7 Å². The van der Waals surface area contributed by atoms with Crippen molar-refractivity contribution >= 4 is 45.7 Å². The standard InChI is InChI=1S/C25H24ClN5O2S2/c1-31-23(17-8-12-20(13-9-17)33-19-4-2-3-5-19)29-30-25(31)35-15-22(32)28-24-27-21(14-34-24)16-6-10-18(26)11-7-16/h6-14,19H,2-5,15H2,1H3,(H,27,28,32). The van der Waals surface area contributed by atoms with Gasteiger partial charge in [-0.1, -0.05) is 35.5 Å². The second-order valence-electron chi connectivity index (χ2n) is 8.30. The minimum Gasteiger partial charge on any atom is -0.490 e. The molecule has 0 radical (unpaired) electrons. The maximum Gasteiger partial charge on any atom is 0.236 e. The number of nitrogens with zero attached hydrogens (tertiary/aromatic N) is 4. The molecule has 2 aromatic heterocycles. The molecule has 1 fully saturated rings. The van der Waals surface area contributed by atoms with Crippen molar-refractivity contribution in [3.63, 3.8) is 0 Å². The van der Waals surface area contributed by atoms with Crippen LogP contribution in [-0.2, 0) is 11.8 Å². The third-order valence-corrected chi connectivity index (χ3v) is 7.81. The summed E-state index contributed by atoms with van der Waals surface area (Å²) < 4.78 is 7.94. The zero-order chi connectivity index (χ0) is 24.2. The fourth-order valence-corrected chi connectivity index (χ4v) is 5.52. The molecule has 10 heteroatoms. The van der Waals surface area contributed by atoms with Crippen molar-refractivity contribution in [2.24, 2.45) is 7.05 Å². The zero-order valence-corrected chi connectivity index (χ0v) is 21.5. The summed E-state index contributed by atoms with van der Waals surface area (Å²) in [6.45, 7) is 0. The lowest BCUT2D eigenvalue weighted by atomic mass is 10.2. The molecule has 0 atom stereocenters. The second kappa shape index (κ2) is 10.8. The Labute approximate surface area is 216 Å². The van der Waals surface area contributed by atoms with Crippen LogP contribution in [0.4, 0.5) is 5.13 Å². The number of thiazole rings is 1. The number of halogens is 1. The summed E-state index contributed by atoms with van der Waals surface area (Å²) in [7, 11) is 1.90. The molecule has 0 aliphatic heterocycles. The van der Waals surface area contributed by atoms with Crippen LogP contribution in [-0.4, -0.2) is 37.5 Å². The second-order valence-corrected chi connectivity index (χ2v) is 10.5. The van der Waals surface area contributed by atoms with Crippen LogP contribution < -0.4 is 10.1 Å². The Kier molecular flexibility index (Phi) is 7.36. The molecule has 1 aliphatic rings. The van der Waals surface area contributed by atoms with Gasteiger partial charge >= 0.3 is 0 Å². The minimum atomic E-state index is -0.148. The SMILES string of the molecule is Cn1c(SCC(=O)Nc2nc(-c3ccc(Cl)cc3)cs2)nnc1-c1ccc(OC2CCCC2)cc1. The van der Waals surface area contributed by atoms with Crippen molar-refractivity contribution in [3.05, 3.63) is 58.9 Å². The number of carbonyl (C=O) groups excluding carboxylic acids is 1. The van der Waals surface area contributed by atoms with Gasteiger partial charge in [0.2, 0.25) is 5.91 Å². The Morgan fingerprint density at radius 2 is 1.83 bits per heavy atom. The number of benzene rings is 2. The average Bonchev–Trinajstić information content (AvgIpc) is 3.61. The first-order chi connectivity index (χ1) is 17.0. The molecule has 1 N–H and O–H groups in total. The number of amides is 1. The van der Waals surface area contributed by atoms with Crippen molar-refractivity contribution in [1.29, 1.82) is 0 Å². The smallest absolute Gasteiger partial charge is 0.236 e. The highest BCUT2D eigenvalue weighted by molar-refractivity contribution is 7.99. The van der Waals surface area contributed by atoms with Crippen LogP contribution in [0.3, 0.4) is 0 Å². The van der Waals surface area contributed by atoms with E-state index in [1.807, 2.05) is 65.5 Å². The predicted octanol–water partition coefficient (Wildman–Crippen LogP) is 6.31. The van der Waals surface area contributed by atoms with Gasteiger partial charge in [0.15, 0.2) is 16.1 Å². The molecular formula is C25H24ClN5O2S2. The highest BCUT2D eigenvalue weighted by atomic mass is 35.5. The first-order valence-corrected chi connectivity index (χ1v) is 13.6. The molecule has 0 saturated heterocycles. The van der Waals surface area contributed by atoms with Crippen LogP contribution in [0.15, 0.2) is 59.1 Å². The number of nitrogens with one attached hydrogen (secondary N) is 1. The number of thioether (sulfide) groups is 1. The van der Waals surface area contributed by atoms with Crippen molar-refractivity contribution in [2.75, 3.05) is 11.1 Å². The Bertz CT molecular complexity index is 1300. The van der Waals surface area contributed by atoms with Crippen molar-refractivity contribution in [3.8, 4) is 28.4 Å². The number of carbonyl (C=O) groups is 1. The van der Waals surface area contributed by atoms with E-state index in [-0.39, 0.29) is 11.7 Å². The molecule has 5 rings (SSSR count). The fourth-order valence-electron chi connectivity index (χ4n) is 3.94. The van der Waals surface area contributed by atoms with E-state index in [0.29, 0.717) is 21.4 Å². The minimum absolute atomic E-state index is 0.148. The van der Waals surface area contributed by atoms with E-state index in [1.54, 1.807) is 0 Å². The van der Waals surface area contributed by atoms with Crippen LogP contribution in [0.5, 0.6) is 5.75 Å². The van der Waals surface area contributed by atoms with Crippen molar-refractivity contribution in [2.45, 2.75) is 36.9 Å². The molecule has 35 heavy (non-hydrogen) atoms. The van der Waals surface area contributed by atoms with E-state index in [1.165, 1.54) is 35.9 Å². The van der Waals surface area contributed by atoms with E-state index >= 15 is 0 Å². The molecule has 0 bridgehead atoms. The van der Waals surface area contributed by atoms with Gasteiger partial charge in [0.25, 0.3) is 0 Å². The van der Waals surface area contributed by atoms with Gasteiger partial charge in [-0.3, -0.25) is 4.79 Å². The molecule has 7 nitrogen and oxygen atoms in total. The van der Waals surface area contributed by atoms with Crippen molar-refractivity contribution < 1.29 is 9.53 Å². The van der Waals surface area contributed by atoms with E-state index in [0.717, 1.165) is 41.2 Å². The molecule has 0 unspecified atom stereocenters. The Hall–Kier alpha value is -2.88. The quantitative estimate of drug-likeness (QED) is 0.271. The number of ether oxygens (including phenoxy) is 1. The Morgan fingerprint density at radius 3 is 2.57 bits per heavy atom. The topological polar surface area (TPSA) is 81.9 Å². The molecular weight excluding hydrogens is 502 g/mol. The largest absolute Gasteiger partial charge is 0.490 e. The molecule has 1 saturated carbocycles. The summed E-state index contributed by atoms with van der Waals surface area (Å²) in [4.78, 5) is 17.0. The van der Waals surface area contributed by atoms with Crippen LogP contribution in [0.25, 0.3) is 22.6 Å². The van der Waals surface area contributed by atoms with Crippen LogP contribution in [0, 0.1) is 0 Å². The number of hydrogen-bond donors (Lipinski definition) is 1. The van der Waals surface area contributed by atoms with E-state index in [2.05, 4.69) is 20.5 Å². The number of rotatable bonds is 8. The van der Waals surface area contributed by atoms with E-state index in [9.17, 15) is 4.79 Å². The van der Waals surface area contributed by atoms with Gasteiger partial charge < -0.3 is 14.6 Å². The summed E-state index contributed by atoms with van der Waals surface area (Å²) in [6.07, 6.45) is 5.08. The van der Waals surface area contributed by atoms with Crippen LogP contribution in [0.2, 0.25) is 5.02 Å². The summed E-state index contributed by atoms with van der Waals surface area (Å²) in [5.74, 6) is 1.68. The highest BCUT2D eigenvalue weighted by Gasteiger charge is 2.17. The van der Waals surface area contributed by atoms with Gasteiger partial charge in [0.1, 0.15) is 5.75 Å². The highest BCUT2D eigenvalue weighted by Crippen LogP contribution is 2.29. The number of hydrogen-bond acceptors (Lipinski definition) is 7. The van der Waals surface area contributed by atoms with Gasteiger partial charge in [0, 0.05) is 28.6 Å². The lowest BCUT2D eigenvalue weighted by molar-refractivity contribution is -0.113. The van der Waals surface area contributed by atoms with Crippen molar-refractivity contribution in [1.82, 2.24) is 19.7 Å². The summed E-state index contributed by atoms with van der Waals surface area (Å²) in [6, 6.07) is 15.4. The van der Waals surface area contributed by atoms with Gasteiger partial charge in [-0.05, 0) is 62.1 Å². The Balaban J connectivity index is 1.16. The third kappa shape index (κ3) is 5.86. The maximum absolute atomic E-state index is 12.5. The van der Waals surface area contributed by atoms with E-state index < -0.39 is 0 Å². The third-order valence-electron chi connectivity index (χ3n) is 5.78. The van der Waals surface area contributed by atoms with Crippen LogP contribution >= 0.6 is 34.7 Å². The predicted molar refractivity (Wildman–Crippen MR) is 141 cm³/mol. The summed E-state index contributed by atoms with van der Waals surface area (Å²) in [5.41, 5.74) is 2.70. The summed E-state index contributed by atoms with van der Waals surface area (Å²) >= 11 is 8.67. The molecule has 2 heterocycles. The summed E-state index contributed by atoms with van der Waals surface area (Å²) in [5, 5.41) is 15.3. The molecule has 1 aliphatic carbocycles. The first kappa shape index (κ1) is 23.8. The average molecular weight is 526 g/mol. The van der Waals surface area contributed by atoms with Gasteiger partial charge in [-0.2, -0.15) is 0 Å². The molecule has 2 aromatic carbocycles. The maximum atomic E-state index is 12.5. The lowest BCUT2D eigenvalue weighted by Gasteiger charge is -2.13. The fraction of sp³-hybridized carbons (Fsp3) is 0.280. The van der Waals surface area contributed by atoms with Gasteiger partial charge in [-0.25, -0.2) is 4.98 Å². The number of anilines is 1. The Morgan fingerprint density at radius 1 is 1.11 bits per heavy atom. The first-order valence-electron chi connectivity index (χ1n) is 11.4. The normalized spacial score (nSPS) is 13.8. The number of aromatic nitrogens is 4. The molecule has 4 aromatic rings. The molecule has 0 spiro atoms. The zero-order valence-electron chi connectivity index (χ0n) is 19.1.